The van der Waals surface area contributed by atoms with E-state index < -0.39 is 5.97 Å². The molecule has 7 heteroatoms. The number of anilines is 1. The number of methoxy groups -OCH3 is 1. The highest BCUT2D eigenvalue weighted by molar-refractivity contribution is 7.99. The van der Waals surface area contributed by atoms with Crippen LogP contribution >= 0.6 is 11.8 Å². The lowest BCUT2D eigenvalue weighted by atomic mass is 10.1. The molecule has 0 aliphatic carbocycles. The zero-order chi connectivity index (χ0) is 21.3. The Morgan fingerprint density at radius 2 is 1.57 bits per heavy atom. The summed E-state index contributed by atoms with van der Waals surface area (Å²) in [4.78, 5) is 25.7. The Bertz CT molecular complexity index is 1000. The van der Waals surface area contributed by atoms with Gasteiger partial charge in [0.1, 0.15) is 5.75 Å². The van der Waals surface area contributed by atoms with Crippen LogP contribution in [0.15, 0.2) is 82.6 Å². The van der Waals surface area contributed by atoms with Crippen LogP contribution in [-0.2, 0) is 16.0 Å². The molecule has 0 aliphatic rings. The highest BCUT2D eigenvalue weighted by atomic mass is 32.2. The second-order valence-electron chi connectivity index (χ2n) is 6.34. The van der Waals surface area contributed by atoms with Crippen LogP contribution in [0.4, 0.5) is 5.69 Å². The lowest BCUT2D eigenvalue weighted by molar-refractivity contribution is -0.115. The standard InChI is InChI=1S/C23H21NO5S/c1-28-15-29-17-8-12-19(13-9-17)30-18-10-6-16(7-11-18)14-22(25)24-21-5-3-2-4-20(21)23(26)27/h2-13H,14-15H2,1H3,(H,24,25)(H,26,27). The minimum atomic E-state index is -1.08. The number of benzene rings is 3. The molecule has 0 aromatic heterocycles. The van der Waals surface area contributed by atoms with Crippen molar-refractivity contribution in [2.24, 2.45) is 0 Å². The Labute approximate surface area is 178 Å². The predicted molar refractivity (Wildman–Crippen MR) is 115 cm³/mol. The van der Waals surface area contributed by atoms with E-state index in [2.05, 4.69) is 5.32 Å². The zero-order valence-electron chi connectivity index (χ0n) is 16.3. The van der Waals surface area contributed by atoms with E-state index in [0.29, 0.717) is 5.69 Å². The fraction of sp³-hybridized carbons (Fsp3) is 0.130. The Kier molecular flexibility index (Phi) is 7.48. The third-order valence-corrected chi connectivity index (χ3v) is 5.14. The third-order valence-electron chi connectivity index (χ3n) is 4.12. The number of carboxylic acids is 1. The van der Waals surface area contributed by atoms with E-state index in [0.717, 1.165) is 21.1 Å². The van der Waals surface area contributed by atoms with Gasteiger partial charge in [0.25, 0.3) is 0 Å². The topological polar surface area (TPSA) is 84.9 Å². The van der Waals surface area contributed by atoms with Crippen molar-refractivity contribution in [1.82, 2.24) is 0 Å². The molecule has 0 fully saturated rings. The molecule has 0 atom stereocenters. The number of carbonyl (C=O) groups is 2. The maximum Gasteiger partial charge on any atom is 0.337 e. The lowest BCUT2D eigenvalue weighted by Gasteiger charge is -2.09. The minimum absolute atomic E-state index is 0.0660. The molecule has 2 N–H and O–H groups in total. The molecule has 0 radical (unpaired) electrons. The number of nitrogens with one attached hydrogen (secondary N) is 1. The molecule has 3 aromatic carbocycles. The monoisotopic (exact) mass is 423 g/mol. The maximum atomic E-state index is 12.3. The maximum absolute atomic E-state index is 12.3. The van der Waals surface area contributed by atoms with Crippen molar-refractivity contribution in [3.63, 3.8) is 0 Å². The lowest BCUT2D eigenvalue weighted by Crippen LogP contribution is -2.16. The van der Waals surface area contributed by atoms with Gasteiger partial charge in [-0.1, -0.05) is 36.0 Å². The van der Waals surface area contributed by atoms with E-state index in [1.807, 2.05) is 48.5 Å². The largest absolute Gasteiger partial charge is 0.478 e. The van der Waals surface area contributed by atoms with E-state index >= 15 is 0 Å². The van der Waals surface area contributed by atoms with Crippen LogP contribution < -0.4 is 10.1 Å². The number of ether oxygens (including phenoxy) is 2. The fourth-order valence-electron chi connectivity index (χ4n) is 2.70. The van der Waals surface area contributed by atoms with Crippen molar-refractivity contribution in [3.8, 4) is 5.75 Å². The van der Waals surface area contributed by atoms with Crippen LogP contribution in [0.1, 0.15) is 15.9 Å². The van der Waals surface area contributed by atoms with Gasteiger partial charge >= 0.3 is 5.97 Å². The van der Waals surface area contributed by atoms with Gasteiger partial charge in [-0.15, -0.1) is 0 Å². The summed E-state index contributed by atoms with van der Waals surface area (Å²) in [5.41, 5.74) is 1.20. The van der Waals surface area contributed by atoms with Crippen molar-refractivity contribution in [2.45, 2.75) is 16.2 Å². The van der Waals surface area contributed by atoms with Crippen LogP contribution in [-0.4, -0.2) is 30.9 Å². The molecule has 154 valence electrons. The molecule has 0 aliphatic heterocycles. The van der Waals surface area contributed by atoms with Gasteiger partial charge < -0.3 is 19.9 Å². The summed E-state index contributed by atoms with van der Waals surface area (Å²) >= 11 is 1.60. The van der Waals surface area contributed by atoms with Gasteiger partial charge in [0.15, 0.2) is 6.79 Å². The summed E-state index contributed by atoms with van der Waals surface area (Å²) in [6.07, 6.45) is 0.157. The fourth-order valence-corrected chi connectivity index (χ4v) is 3.52. The van der Waals surface area contributed by atoms with Crippen molar-refractivity contribution in [1.29, 1.82) is 0 Å². The molecular weight excluding hydrogens is 402 g/mol. The molecule has 30 heavy (non-hydrogen) atoms. The molecule has 1 amide bonds. The highest BCUT2D eigenvalue weighted by Gasteiger charge is 2.12. The average molecular weight is 423 g/mol. The number of hydrogen-bond donors (Lipinski definition) is 2. The number of amides is 1. The third kappa shape index (κ3) is 6.10. The van der Waals surface area contributed by atoms with Gasteiger partial charge in [0, 0.05) is 16.9 Å². The molecule has 0 heterocycles. The van der Waals surface area contributed by atoms with Crippen molar-refractivity contribution < 1.29 is 24.2 Å². The Balaban J connectivity index is 1.57. The first-order valence-corrected chi connectivity index (χ1v) is 9.97. The second kappa shape index (κ2) is 10.5. The van der Waals surface area contributed by atoms with E-state index in [4.69, 9.17) is 9.47 Å². The molecular formula is C23H21NO5S. The van der Waals surface area contributed by atoms with Crippen LogP contribution in [0.5, 0.6) is 5.75 Å². The number of para-hydroxylation sites is 1. The van der Waals surface area contributed by atoms with E-state index in [1.165, 1.54) is 6.07 Å². The summed E-state index contributed by atoms with van der Waals surface area (Å²) in [6.45, 7) is 0.212. The smallest absolute Gasteiger partial charge is 0.337 e. The number of aromatic carboxylic acids is 1. The number of carbonyl (C=O) groups excluding carboxylic acids is 1. The van der Waals surface area contributed by atoms with Gasteiger partial charge in [0.05, 0.1) is 17.7 Å². The van der Waals surface area contributed by atoms with Gasteiger partial charge in [-0.05, 0) is 54.1 Å². The molecule has 0 bridgehead atoms. The summed E-state index contributed by atoms with van der Waals surface area (Å²) < 4.78 is 10.3. The highest BCUT2D eigenvalue weighted by Crippen LogP contribution is 2.29. The zero-order valence-corrected chi connectivity index (χ0v) is 17.1. The van der Waals surface area contributed by atoms with Gasteiger partial charge in [-0.25, -0.2) is 4.79 Å². The Morgan fingerprint density at radius 3 is 2.20 bits per heavy atom. The number of hydrogen-bond acceptors (Lipinski definition) is 5. The van der Waals surface area contributed by atoms with E-state index in [9.17, 15) is 14.7 Å². The predicted octanol–water partition coefficient (Wildman–Crippen LogP) is 4.70. The minimum Gasteiger partial charge on any atom is -0.478 e. The van der Waals surface area contributed by atoms with Crippen molar-refractivity contribution in [2.75, 3.05) is 19.2 Å². The molecule has 0 saturated heterocycles. The number of carboxylic acid groups (broad SMARTS) is 1. The van der Waals surface area contributed by atoms with Crippen molar-refractivity contribution >= 4 is 29.3 Å². The molecule has 0 spiro atoms. The summed E-state index contributed by atoms with van der Waals surface area (Å²) in [6, 6.07) is 21.7. The van der Waals surface area contributed by atoms with E-state index in [-0.39, 0.29) is 24.7 Å². The van der Waals surface area contributed by atoms with Crippen LogP contribution in [0, 0.1) is 0 Å². The van der Waals surface area contributed by atoms with Gasteiger partial charge in [-0.3, -0.25) is 4.79 Å². The Morgan fingerprint density at radius 1 is 0.933 bits per heavy atom. The second-order valence-corrected chi connectivity index (χ2v) is 7.49. The summed E-state index contributed by atoms with van der Waals surface area (Å²) in [5.74, 6) is -0.603. The molecule has 6 nitrogen and oxygen atoms in total. The van der Waals surface area contributed by atoms with Crippen LogP contribution in [0.3, 0.4) is 0 Å². The van der Waals surface area contributed by atoms with Crippen molar-refractivity contribution in [3.05, 3.63) is 83.9 Å². The SMILES string of the molecule is COCOc1ccc(Sc2ccc(CC(=O)Nc3ccccc3C(=O)O)cc2)cc1. The van der Waals surface area contributed by atoms with E-state index in [1.54, 1.807) is 37.1 Å². The summed E-state index contributed by atoms with van der Waals surface area (Å²) in [7, 11) is 1.58. The Hall–Kier alpha value is -3.29. The number of rotatable bonds is 9. The average Bonchev–Trinajstić information content (AvgIpc) is 2.75. The normalized spacial score (nSPS) is 10.4. The molecule has 3 aromatic rings. The molecule has 3 rings (SSSR count). The quantitative estimate of drug-likeness (QED) is 0.485. The first kappa shape index (κ1) is 21.4. The first-order valence-electron chi connectivity index (χ1n) is 9.16. The first-order chi connectivity index (χ1) is 14.5. The molecule has 0 unspecified atom stereocenters. The molecule has 0 saturated carbocycles. The summed E-state index contributed by atoms with van der Waals surface area (Å²) in [5, 5.41) is 11.9. The van der Waals surface area contributed by atoms with Gasteiger partial charge in [-0.2, -0.15) is 0 Å². The van der Waals surface area contributed by atoms with Gasteiger partial charge in [0.2, 0.25) is 5.91 Å². The van der Waals surface area contributed by atoms with Crippen LogP contribution in [0.25, 0.3) is 0 Å². The van der Waals surface area contributed by atoms with Crippen LogP contribution in [0.2, 0.25) is 0 Å².